The van der Waals surface area contributed by atoms with E-state index in [1.54, 1.807) is 0 Å². The number of ether oxygens (including phenoxy) is 1. The van der Waals surface area contributed by atoms with Crippen molar-refractivity contribution >= 4 is 20.2 Å². The number of hydrogen-bond donors (Lipinski definition) is 1. The summed E-state index contributed by atoms with van der Waals surface area (Å²) < 4.78 is 48.9. The zero-order valence-electron chi connectivity index (χ0n) is 21.3. The molecule has 2 heterocycles. The van der Waals surface area contributed by atoms with Crippen LogP contribution in [0.5, 0.6) is 0 Å². The number of unbranched alkanes of at least 4 members (excludes halogenated alkanes) is 1. The fourth-order valence-corrected chi connectivity index (χ4v) is 5.14. The first kappa shape index (κ1) is 24.7. The van der Waals surface area contributed by atoms with Crippen LogP contribution in [0.15, 0.2) is 12.3 Å². The number of allylic oxidation sites excluding steroid dienone is 1. The van der Waals surface area contributed by atoms with Crippen molar-refractivity contribution < 1.29 is 34.2 Å². The van der Waals surface area contributed by atoms with E-state index in [0.717, 1.165) is 17.7 Å². The van der Waals surface area contributed by atoms with E-state index in [0.29, 0.717) is 6.61 Å². The Kier molecular flexibility index (Phi) is 10.8. The van der Waals surface area contributed by atoms with Crippen LogP contribution < -0.4 is 0 Å². The van der Waals surface area contributed by atoms with Crippen molar-refractivity contribution in [3.05, 3.63) is 12.3 Å². The first-order chi connectivity index (χ1) is 15.6. The summed E-state index contributed by atoms with van der Waals surface area (Å²) in [6.45, 7) is 10.4. The van der Waals surface area contributed by atoms with Crippen LogP contribution in [0.1, 0.15) is 62.2 Å². The maximum absolute atomic E-state index is 15.4. The van der Waals surface area contributed by atoms with Crippen LogP contribution in [0, 0.1) is 0 Å². The number of hydrogen-bond acceptors (Lipinski definition) is 7. The maximum atomic E-state index is 15.4. The molecule has 31 heavy (non-hydrogen) atoms. The van der Waals surface area contributed by atoms with Gasteiger partial charge in [0, 0.05) is 26.8 Å². The molecule has 0 aromatic carbocycles. The summed E-state index contributed by atoms with van der Waals surface area (Å²) in [5, 5.41) is 3.50. The number of aliphatic hydroxyl groups excluding tert-OH is 1. The molecule has 5 atom stereocenters. The van der Waals surface area contributed by atoms with Crippen LogP contribution in [0.2, 0.25) is 0 Å². The van der Waals surface area contributed by atoms with Crippen LogP contribution >= 0.6 is 8.53 Å². The van der Waals surface area contributed by atoms with Crippen molar-refractivity contribution in [2.45, 2.75) is 97.5 Å². The predicted molar refractivity (Wildman–Crippen MR) is 118 cm³/mol. The fraction of sp³-hybridized carbons (Fsp3) is 0.810. The molecule has 1 saturated heterocycles. The lowest BCUT2D eigenvalue weighted by molar-refractivity contribution is -0.145. The van der Waals surface area contributed by atoms with Gasteiger partial charge in [0.2, 0.25) is 7.34 Å². The van der Waals surface area contributed by atoms with Gasteiger partial charge in [0.05, 0.1) is 19.1 Å². The summed E-state index contributed by atoms with van der Waals surface area (Å²) in [5.74, 6) is -0.848. The van der Waals surface area contributed by atoms with Gasteiger partial charge in [-0.2, -0.15) is 0 Å². The Morgan fingerprint density at radius 3 is 2.61 bits per heavy atom. The number of amides is 1. The molecule has 180 valence electrons. The van der Waals surface area contributed by atoms with Crippen LogP contribution in [0.4, 0.5) is 4.39 Å². The smallest absolute Gasteiger partial charge is 0.259 e. The summed E-state index contributed by atoms with van der Waals surface area (Å²) in [4.78, 5) is 24.7. The highest BCUT2D eigenvalue weighted by Gasteiger charge is 2.50. The first-order valence-corrected chi connectivity index (χ1v) is 11.7. The molecular formula is C21H38FN2O6P. The average Bonchev–Trinajstić information content (AvgIpc) is 3.03. The van der Waals surface area contributed by atoms with E-state index < -0.39 is 39.0 Å². The first-order valence-electron chi connectivity index (χ1n) is 11.7. The van der Waals surface area contributed by atoms with Gasteiger partial charge < -0.3 is 18.9 Å². The Morgan fingerprint density at radius 1 is 1.45 bits per heavy atom. The van der Waals surface area contributed by atoms with Crippen molar-refractivity contribution in [2.75, 3.05) is 13.7 Å². The van der Waals surface area contributed by atoms with E-state index in [1.165, 1.54) is 19.4 Å². The zero-order chi connectivity index (χ0) is 25.1. The Labute approximate surface area is 189 Å². The van der Waals surface area contributed by atoms with Gasteiger partial charge in [-0.1, -0.05) is 13.3 Å². The predicted octanol–water partition coefficient (Wildman–Crippen LogP) is 3.54. The summed E-state index contributed by atoms with van der Waals surface area (Å²) >= 11 is 0. The highest BCUT2D eigenvalue weighted by molar-refractivity contribution is 7.44. The molecule has 0 saturated carbocycles. The van der Waals surface area contributed by atoms with E-state index in [1.807, 2.05) is 27.7 Å². The van der Waals surface area contributed by atoms with Crippen LogP contribution in [0.3, 0.4) is 0 Å². The van der Waals surface area contributed by atoms with Gasteiger partial charge in [0.1, 0.15) is 6.10 Å². The van der Waals surface area contributed by atoms with Gasteiger partial charge in [0.15, 0.2) is 18.2 Å². The lowest BCUT2D eigenvalue weighted by Crippen LogP contribution is -2.45. The third-order valence-electron chi connectivity index (χ3n) is 4.73. The van der Waals surface area contributed by atoms with Gasteiger partial charge in [0.25, 0.3) is 8.53 Å². The fourth-order valence-electron chi connectivity index (χ4n) is 3.33. The number of halogens is 1. The van der Waals surface area contributed by atoms with Crippen LogP contribution in [-0.2, 0) is 23.4 Å². The molecule has 1 N–H and O–H groups in total. The topological polar surface area (TPSA) is 88.5 Å². The molecule has 0 aliphatic carbocycles. The lowest BCUT2D eigenvalue weighted by atomic mass is 10.1. The Morgan fingerprint density at radius 2 is 2.10 bits per heavy atom. The molecule has 0 radical (unpaired) electrons. The largest absolute Gasteiger partial charge is 0.400 e. The zero-order valence-corrected chi connectivity index (χ0v) is 20.2. The quantitative estimate of drug-likeness (QED) is 0.299. The van der Waals surface area contributed by atoms with Gasteiger partial charge >= 0.3 is 0 Å². The number of ketones is 1. The van der Waals surface area contributed by atoms with E-state index in [2.05, 4.69) is 16.7 Å². The minimum atomic E-state index is -1.66. The molecule has 1 fully saturated rings. The molecule has 1 amide bonds. The SMILES string of the molecule is [2H]CC1OC(N2C=CC(=O)CC2=O)C(F)C1OP(OCCCC)N(C(C)C)C(C)C.[3H]OC. The molecule has 10 heteroatoms. The number of rotatable bonds is 10. The summed E-state index contributed by atoms with van der Waals surface area (Å²) in [6, 6.07) is 0.224. The van der Waals surface area contributed by atoms with Crippen molar-refractivity contribution in [1.29, 1.82) is 1.43 Å². The van der Waals surface area contributed by atoms with Gasteiger partial charge in [-0.3, -0.25) is 14.5 Å². The number of aliphatic hydroxyl groups is 1. The maximum Gasteiger partial charge on any atom is 0.259 e. The molecule has 0 spiro atoms. The molecule has 2 rings (SSSR count). The van der Waals surface area contributed by atoms with Crippen molar-refractivity contribution in [2.24, 2.45) is 0 Å². The van der Waals surface area contributed by atoms with Crippen molar-refractivity contribution in [3.63, 3.8) is 0 Å². The highest BCUT2D eigenvalue weighted by atomic mass is 31.2. The molecule has 0 aromatic rings. The van der Waals surface area contributed by atoms with Crippen molar-refractivity contribution in [1.82, 2.24) is 9.57 Å². The van der Waals surface area contributed by atoms with Crippen molar-refractivity contribution in [3.8, 4) is 0 Å². The molecular weight excluding hydrogens is 426 g/mol. The Balaban J connectivity index is 0.00000172. The van der Waals surface area contributed by atoms with E-state index in [4.69, 9.17) is 16.6 Å². The second-order valence-electron chi connectivity index (χ2n) is 7.83. The molecule has 8 nitrogen and oxygen atoms in total. The Hall–Kier alpha value is -0.960. The monoisotopic (exact) mass is 467 g/mol. The summed E-state index contributed by atoms with van der Waals surface area (Å²) in [7, 11) is -0.293. The van der Waals surface area contributed by atoms with Gasteiger partial charge in [-0.05, 0) is 47.1 Å². The van der Waals surface area contributed by atoms with E-state index in [-0.39, 0.29) is 31.2 Å². The molecule has 0 bridgehead atoms. The van der Waals surface area contributed by atoms with Gasteiger partial charge in [-0.25, -0.2) is 9.06 Å². The van der Waals surface area contributed by atoms with Crippen LogP contribution in [0.25, 0.3) is 0 Å². The number of alkyl halides is 1. The second-order valence-corrected chi connectivity index (χ2v) is 9.24. The minimum Gasteiger partial charge on any atom is -0.400 e. The number of nitrogens with zero attached hydrogens (tertiary/aromatic N) is 2. The third-order valence-corrected chi connectivity index (χ3v) is 6.86. The molecule has 2 aliphatic heterocycles. The van der Waals surface area contributed by atoms with Crippen LogP contribution in [-0.4, -0.2) is 78.2 Å². The number of carbonyl (C=O) groups is 2. The summed E-state index contributed by atoms with van der Waals surface area (Å²) in [5.41, 5.74) is 0. The molecule has 0 aromatic heterocycles. The molecule has 2 aliphatic rings. The minimum absolute atomic E-state index is 0.112. The normalized spacial score (nSPS) is 28.1. The second kappa shape index (κ2) is 13.6. The standard InChI is InChI=1S/C20H34FN2O5P.CH4O/c1-7-8-11-26-29(23(13(2)3)14(4)5)28-19-15(6)27-20(18(19)21)22-10-9-16(24)12-17(22)25;1-2/h9-10,13-15,18-20H,7-8,11-12H2,1-6H3;2H,1H3/i6D;2T. The molecule has 5 unspecified atom stereocenters. The summed E-state index contributed by atoms with van der Waals surface area (Å²) in [6.07, 6.45) is -0.775. The average molecular weight is 468 g/mol. The number of carbonyl (C=O) groups excluding carboxylic acids is 2. The van der Waals surface area contributed by atoms with Gasteiger partial charge in [-0.15, -0.1) is 0 Å². The highest BCUT2D eigenvalue weighted by Crippen LogP contribution is 2.49. The van der Waals surface area contributed by atoms with E-state index >= 15 is 4.39 Å². The lowest BCUT2D eigenvalue weighted by Gasteiger charge is -2.37. The Bertz CT molecular complexity index is 638. The van der Waals surface area contributed by atoms with E-state index in [9.17, 15) is 9.59 Å². The third kappa shape index (κ3) is 7.55.